The van der Waals surface area contributed by atoms with E-state index in [1.807, 2.05) is 42.5 Å². The molecular weight excluding hydrogens is 270 g/mol. The number of hydrogen-bond acceptors (Lipinski definition) is 3. The third-order valence-corrected chi connectivity index (χ3v) is 3.32. The number of pyridine rings is 2. The van der Waals surface area contributed by atoms with Crippen molar-refractivity contribution in [2.75, 3.05) is 5.73 Å². The molecule has 3 rings (SSSR count). The Balaban J connectivity index is 2.25. The Morgan fingerprint density at radius 1 is 0.900 bits per heavy atom. The van der Waals surface area contributed by atoms with Crippen LogP contribution in [0.1, 0.15) is 0 Å². The molecule has 0 bridgehead atoms. The van der Waals surface area contributed by atoms with Gasteiger partial charge in [0.1, 0.15) is 5.82 Å². The largest absolute Gasteiger partial charge is 0.383 e. The third-order valence-electron chi connectivity index (χ3n) is 3.08. The summed E-state index contributed by atoms with van der Waals surface area (Å²) in [4.78, 5) is 8.23. The molecule has 2 aromatic heterocycles. The van der Waals surface area contributed by atoms with Gasteiger partial charge in [0.05, 0.1) is 0 Å². The van der Waals surface area contributed by atoms with E-state index in [9.17, 15) is 0 Å². The minimum Gasteiger partial charge on any atom is -0.383 e. The summed E-state index contributed by atoms with van der Waals surface area (Å²) in [5, 5.41) is 0.673. The standard InChI is InChI=1S/C16H12ClN3/c17-13-3-1-2-12(10-13)15-14(6-9-20-16(15)18)11-4-7-19-8-5-11/h1-10H,(H2,18,20). The molecule has 0 atom stereocenters. The highest BCUT2D eigenvalue weighted by Crippen LogP contribution is 2.35. The van der Waals surface area contributed by atoms with Gasteiger partial charge in [0.2, 0.25) is 0 Å². The number of halogens is 1. The van der Waals surface area contributed by atoms with Gasteiger partial charge in [0.25, 0.3) is 0 Å². The summed E-state index contributed by atoms with van der Waals surface area (Å²) in [5.74, 6) is 0.488. The van der Waals surface area contributed by atoms with Crippen LogP contribution in [-0.4, -0.2) is 9.97 Å². The van der Waals surface area contributed by atoms with Crippen molar-refractivity contribution in [3.05, 3.63) is 66.1 Å². The van der Waals surface area contributed by atoms with E-state index >= 15 is 0 Å². The van der Waals surface area contributed by atoms with Crippen molar-refractivity contribution in [1.82, 2.24) is 9.97 Å². The molecule has 3 nitrogen and oxygen atoms in total. The molecule has 1 aromatic carbocycles. The van der Waals surface area contributed by atoms with Crippen LogP contribution < -0.4 is 5.73 Å². The van der Waals surface area contributed by atoms with Crippen LogP contribution in [-0.2, 0) is 0 Å². The van der Waals surface area contributed by atoms with E-state index in [0.717, 1.165) is 22.3 Å². The maximum Gasteiger partial charge on any atom is 0.131 e. The summed E-state index contributed by atoms with van der Waals surface area (Å²) in [5.41, 5.74) is 9.98. The summed E-state index contributed by atoms with van der Waals surface area (Å²) in [6.45, 7) is 0. The van der Waals surface area contributed by atoms with Gasteiger partial charge >= 0.3 is 0 Å². The van der Waals surface area contributed by atoms with Crippen molar-refractivity contribution < 1.29 is 0 Å². The first-order valence-electron chi connectivity index (χ1n) is 6.16. The Bertz CT molecular complexity index is 742. The molecule has 20 heavy (non-hydrogen) atoms. The van der Waals surface area contributed by atoms with Gasteiger partial charge in [-0.15, -0.1) is 0 Å². The van der Waals surface area contributed by atoms with Crippen LogP contribution in [0.4, 0.5) is 5.82 Å². The number of rotatable bonds is 2. The zero-order valence-electron chi connectivity index (χ0n) is 10.6. The summed E-state index contributed by atoms with van der Waals surface area (Å²) in [6, 6.07) is 13.4. The highest BCUT2D eigenvalue weighted by Gasteiger charge is 2.11. The van der Waals surface area contributed by atoms with E-state index in [4.69, 9.17) is 17.3 Å². The first-order chi connectivity index (χ1) is 9.75. The topological polar surface area (TPSA) is 51.8 Å². The number of nitrogens with zero attached hydrogens (tertiary/aromatic N) is 2. The zero-order chi connectivity index (χ0) is 13.9. The minimum atomic E-state index is 0.488. The van der Waals surface area contributed by atoms with E-state index in [1.165, 1.54) is 0 Å². The summed E-state index contributed by atoms with van der Waals surface area (Å²) < 4.78 is 0. The van der Waals surface area contributed by atoms with Crippen LogP contribution in [0.15, 0.2) is 61.1 Å². The summed E-state index contributed by atoms with van der Waals surface area (Å²) in [7, 11) is 0. The second kappa shape index (κ2) is 5.31. The summed E-state index contributed by atoms with van der Waals surface area (Å²) in [6.07, 6.45) is 5.22. The normalized spacial score (nSPS) is 10.4. The first kappa shape index (κ1) is 12.6. The molecule has 0 spiro atoms. The second-order valence-electron chi connectivity index (χ2n) is 4.36. The lowest BCUT2D eigenvalue weighted by atomic mass is 9.96. The molecule has 0 saturated heterocycles. The maximum absolute atomic E-state index is 6.07. The minimum absolute atomic E-state index is 0.488. The van der Waals surface area contributed by atoms with Crippen LogP contribution >= 0.6 is 11.6 Å². The van der Waals surface area contributed by atoms with Gasteiger partial charge in [-0.1, -0.05) is 23.7 Å². The Morgan fingerprint density at radius 2 is 1.70 bits per heavy atom. The average molecular weight is 282 g/mol. The molecule has 0 radical (unpaired) electrons. The molecule has 0 saturated carbocycles. The SMILES string of the molecule is Nc1nccc(-c2ccncc2)c1-c1cccc(Cl)c1. The van der Waals surface area contributed by atoms with Gasteiger partial charge in [-0.2, -0.15) is 0 Å². The zero-order valence-corrected chi connectivity index (χ0v) is 11.4. The maximum atomic E-state index is 6.07. The van der Waals surface area contributed by atoms with Crippen molar-refractivity contribution in [1.29, 1.82) is 0 Å². The predicted molar refractivity (Wildman–Crippen MR) is 82.3 cm³/mol. The highest BCUT2D eigenvalue weighted by molar-refractivity contribution is 6.30. The fourth-order valence-electron chi connectivity index (χ4n) is 2.20. The van der Waals surface area contributed by atoms with Crippen molar-refractivity contribution in [2.45, 2.75) is 0 Å². The molecule has 0 fully saturated rings. The van der Waals surface area contributed by atoms with E-state index in [-0.39, 0.29) is 0 Å². The molecule has 0 aliphatic heterocycles. The number of hydrogen-bond donors (Lipinski definition) is 1. The molecule has 4 heteroatoms. The van der Waals surface area contributed by atoms with Crippen LogP contribution in [0.3, 0.4) is 0 Å². The molecule has 0 unspecified atom stereocenters. The van der Waals surface area contributed by atoms with Crippen molar-refractivity contribution in [2.24, 2.45) is 0 Å². The van der Waals surface area contributed by atoms with Gasteiger partial charge < -0.3 is 5.73 Å². The van der Waals surface area contributed by atoms with Crippen LogP contribution in [0.5, 0.6) is 0 Å². The van der Waals surface area contributed by atoms with Crippen molar-refractivity contribution in [3.8, 4) is 22.3 Å². The number of aromatic nitrogens is 2. The Morgan fingerprint density at radius 3 is 2.45 bits per heavy atom. The molecule has 0 aliphatic rings. The summed E-state index contributed by atoms with van der Waals surface area (Å²) >= 11 is 6.07. The number of nitrogens with two attached hydrogens (primary N) is 1. The molecular formula is C16H12ClN3. The van der Waals surface area contributed by atoms with Gasteiger partial charge in [0, 0.05) is 29.2 Å². The molecule has 0 amide bonds. The lowest BCUT2D eigenvalue weighted by molar-refractivity contribution is 1.31. The van der Waals surface area contributed by atoms with Crippen LogP contribution in [0.2, 0.25) is 5.02 Å². The highest BCUT2D eigenvalue weighted by atomic mass is 35.5. The van der Waals surface area contributed by atoms with E-state index in [0.29, 0.717) is 10.8 Å². The van der Waals surface area contributed by atoms with E-state index < -0.39 is 0 Å². The van der Waals surface area contributed by atoms with Gasteiger partial charge in [-0.3, -0.25) is 4.98 Å². The van der Waals surface area contributed by atoms with Gasteiger partial charge in [0.15, 0.2) is 0 Å². The Hall–Kier alpha value is -2.39. The van der Waals surface area contributed by atoms with E-state index in [1.54, 1.807) is 18.6 Å². The van der Waals surface area contributed by atoms with Crippen molar-refractivity contribution >= 4 is 17.4 Å². The fraction of sp³-hybridized carbons (Fsp3) is 0. The monoisotopic (exact) mass is 281 g/mol. The molecule has 3 aromatic rings. The quantitative estimate of drug-likeness (QED) is 0.771. The lowest BCUT2D eigenvalue weighted by Crippen LogP contribution is -1.96. The predicted octanol–water partition coefficient (Wildman–Crippen LogP) is 4.05. The molecule has 0 aliphatic carbocycles. The second-order valence-corrected chi connectivity index (χ2v) is 4.80. The third kappa shape index (κ3) is 2.36. The van der Waals surface area contributed by atoms with E-state index in [2.05, 4.69) is 9.97 Å². The Kier molecular flexibility index (Phi) is 3.35. The van der Waals surface area contributed by atoms with Gasteiger partial charge in [-0.05, 0) is 47.0 Å². The Labute approximate surface area is 122 Å². The molecule has 98 valence electrons. The number of anilines is 1. The number of benzene rings is 1. The van der Waals surface area contributed by atoms with Crippen molar-refractivity contribution in [3.63, 3.8) is 0 Å². The first-order valence-corrected chi connectivity index (χ1v) is 6.54. The molecule has 2 heterocycles. The van der Waals surface area contributed by atoms with Crippen LogP contribution in [0, 0.1) is 0 Å². The lowest BCUT2D eigenvalue weighted by Gasteiger charge is -2.12. The smallest absolute Gasteiger partial charge is 0.131 e. The molecule has 2 N–H and O–H groups in total. The van der Waals surface area contributed by atoms with Crippen LogP contribution in [0.25, 0.3) is 22.3 Å². The number of nitrogen functional groups attached to an aromatic ring is 1. The fourth-order valence-corrected chi connectivity index (χ4v) is 2.39. The van der Waals surface area contributed by atoms with Gasteiger partial charge in [-0.25, -0.2) is 4.98 Å². The average Bonchev–Trinajstić information content (AvgIpc) is 2.48.